The number of hydrogen-bond acceptors (Lipinski definition) is 5. The van der Waals surface area contributed by atoms with Gasteiger partial charge in [0.15, 0.2) is 5.65 Å². The second kappa shape index (κ2) is 6.22. The van der Waals surface area contributed by atoms with Crippen LogP contribution in [-0.2, 0) is 6.42 Å². The fourth-order valence-electron chi connectivity index (χ4n) is 2.13. The van der Waals surface area contributed by atoms with Crippen molar-refractivity contribution in [2.45, 2.75) is 6.42 Å². The van der Waals surface area contributed by atoms with Crippen LogP contribution in [0.2, 0.25) is 0 Å². The van der Waals surface area contributed by atoms with Gasteiger partial charge in [-0.15, -0.1) is 10.2 Å². The monoisotopic (exact) mass is 310 g/mol. The minimum Gasteiger partial charge on any atom is -0.364 e. The number of nitrogens with one attached hydrogen (secondary N) is 1. The van der Waals surface area contributed by atoms with Crippen LogP contribution in [0.25, 0.3) is 5.65 Å². The number of aromatic nitrogens is 4. The minimum absolute atomic E-state index is 0.122. The lowest BCUT2D eigenvalue weighted by atomic mass is 10.2. The molecule has 0 saturated carbocycles. The first-order valence-corrected chi connectivity index (χ1v) is 6.98. The number of rotatable bonds is 5. The van der Waals surface area contributed by atoms with E-state index in [9.17, 15) is 9.59 Å². The van der Waals surface area contributed by atoms with Crippen LogP contribution in [0, 0.1) is 0 Å². The third kappa shape index (κ3) is 3.15. The molecule has 0 saturated heterocycles. The van der Waals surface area contributed by atoms with E-state index in [-0.39, 0.29) is 11.6 Å². The fraction of sp³-hybridized carbons (Fsp3) is 0.133. The Morgan fingerprint density at radius 1 is 1.17 bits per heavy atom. The first-order valence-electron chi connectivity index (χ1n) is 6.98. The lowest BCUT2D eigenvalue weighted by Gasteiger charge is -2.05. The number of amides is 2. The Bertz CT molecular complexity index is 856. The summed E-state index contributed by atoms with van der Waals surface area (Å²) < 4.78 is 1.87. The first-order chi connectivity index (χ1) is 11.1. The highest BCUT2D eigenvalue weighted by Crippen LogP contribution is 2.03. The number of carbonyl (C=O) groups excluding carboxylic acids is 2. The van der Waals surface area contributed by atoms with Crippen LogP contribution < -0.4 is 11.1 Å². The summed E-state index contributed by atoms with van der Waals surface area (Å²) in [5.74, 6) is -0.138. The molecule has 0 aliphatic rings. The maximum Gasteiger partial charge on any atom is 0.267 e. The van der Waals surface area contributed by atoms with Crippen molar-refractivity contribution in [1.29, 1.82) is 0 Å². The lowest BCUT2D eigenvalue weighted by Crippen LogP contribution is -2.26. The second-order valence-corrected chi connectivity index (χ2v) is 4.85. The van der Waals surface area contributed by atoms with E-state index in [2.05, 4.69) is 20.5 Å². The molecule has 0 bridgehead atoms. The van der Waals surface area contributed by atoms with Crippen LogP contribution in [0.5, 0.6) is 0 Å². The van der Waals surface area contributed by atoms with Gasteiger partial charge >= 0.3 is 0 Å². The predicted octanol–water partition coefficient (Wildman–Crippen LogP) is 0.196. The van der Waals surface area contributed by atoms with Crippen LogP contribution in [-0.4, -0.2) is 37.9 Å². The Morgan fingerprint density at radius 2 is 2.04 bits per heavy atom. The zero-order valence-electron chi connectivity index (χ0n) is 12.1. The van der Waals surface area contributed by atoms with E-state index in [1.807, 2.05) is 28.8 Å². The molecule has 8 nitrogen and oxygen atoms in total. The zero-order valence-corrected chi connectivity index (χ0v) is 12.1. The van der Waals surface area contributed by atoms with Crippen molar-refractivity contribution in [3.63, 3.8) is 0 Å². The van der Waals surface area contributed by atoms with Crippen molar-refractivity contribution in [1.82, 2.24) is 24.9 Å². The molecule has 3 N–H and O–H groups in total. The van der Waals surface area contributed by atoms with Crippen LogP contribution in [0.1, 0.15) is 26.7 Å². The molecule has 23 heavy (non-hydrogen) atoms. The maximum atomic E-state index is 12.0. The van der Waals surface area contributed by atoms with Gasteiger partial charge in [-0.05, 0) is 24.3 Å². The molecule has 0 spiro atoms. The summed E-state index contributed by atoms with van der Waals surface area (Å²) in [7, 11) is 0. The molecule has 8 heteroatoms. The summed E-state index contributed by atoms with van der Waals surface area (Å²) in [5.41, 5.74) is 6.35. The molecule has 3 heterocycles. The normalized spacial score (nSPS) is 10.6. The van der Waals surface area contributed by atoms with Crippen molar-refractivity contribution < 1.29 is 9.59 Å². The number of hydrogen-bond donors (Lipinski definition) is 2. The Labute approximate surface area is 131 Å². The van der Waals surface area contributed by atoms with E-state index in [4.69, 9.17) is 5.73 Å². The number of carbonyl (C=O) groups is 2. The molecule has 0 aromatic carbocycles. The molecule has 0 radical (unpaired) electrons. The number of pyridine rings is 2. The molecule has 0 unspecified atom stereocenters. The Kier molecular flexibility index (Phi) is 3.96. The maximum absolute atomic E-state index is 12.0. The summed E-state index contributed by atoms with van der Waals surface area (Å²) >= 11 is 0. The van der Waals surface area contributed by atoms with Gasteiger partial charge in [0.25, 0.3) is 11.8 Å². The standard InChI is InChI=1S/C15H14N6O2/c16-14(22)11-5-4-10(9-18-11)15(23)17-7-6-13-20-19-12-3-1-2-8-21(12)13/h1-5,8-9H,6-7H2,(H2,16,22)(H,17,23). The van der Waals surface area contributed by atoms with Crippen molar-refractivity contribution in [2.75, 3.05) is 6.54 Å². The number of primary amides is 1. The second-order valence-electron chi connectivity index (χ2n) is 4.85. The largest absolute Gasteiger partial charge is 0.364 e. The van der Waals surface area contributed by atoms with Crippen molar-refractivity contribution in [3.05, 3.63) is 59.8 Å². The molecule has 0 fully saturated rings. The van der Waals surface area contributed by atoms with Gasteiger partial charge in [0.05, 0.1) is 5.56 Å². The molecule has 3 rings (SSSR count). The molecule has 0 atom stereocenters. The van der Waals surface area contributed by atoms with E-state index in [1.165, 1.54) is 18.3 Å². The van der Waals surface area contributed by atoms with Gasteiger partial charge in [-0.25, -0.2) is 0 Å². The molecule has 0 aliphatic heterocycles. The van der Waals surface area contributed by atoms with Gasteiger partial charge in [-0.2, -0.15) is 0 Å². The van der Waals surface area contributed by atoms with Gasteiger partial charge < -0.3 is 11.1 Å². The summed E-state index contributed by atoms with van der Waals surface area (Å²) in [5, 5.41) is 10.9. The highest BCUT2D eigenvalue weighted by Gasteiger charge is 2.09. The zero-order chi connectivity index (χ0) is 16.2. The van der Waals surface area contributed by atoms with Crippen molar-refractivity contribution in [3.8, 4) is 0 Å². The predicted molar refractivity (Wildman–Crippen MR) is 81.8 cm³/mol. The Hall–Kier alpha value is -3.29. The smallest absolute Gasteiger partial charge is 0.267 e. The molecule has 3 aromatic heterocycles. The van der Waals surface area contributed by atoms with Crippen molar-refractivity contribution in [2.24, 2.45) is 5.73 Å². The number of fused-ring (bicyclic) bond motifs is 1. The van der Waals surface area contributed by atoms with Gasteiger partial charge in [0.2, 0.25) is 0 Å². The average Bonchev–Trinajstić information content (AvgIpc) is 2.98. The van der Waals surface area contributed by atoms with Crippen LogP contribution in [0.3, 0.4) is 0 Å². The van der Waals surface area contributed by atoms with E-state index in [0.29, 0.717) is 18.5 Å². The first kappa shape index (κ1) is 14.6. The highest BCUT2D eigenvalue weighted by molar-refractivity contribution is 5.95. The summed E-state index contributed by atoms with van der Waals surface area (Å²) in [6.45, 7) is 0.409. The SMILES string of the molecule is NC(=O)c1ccc(C(=O)NCCc2nnc3ccccn23)cn1. The summed E-state index contributed by atoms with van der Waals surface area (Å²) in [6.07, 6.45) is 3.74. The molecule has 2 amide bonds. The van der Waals surface area contributed by atoms with Crippen molar-refractivity contribution >= 4 is 17.5 Å². The summed E-state index contributed by atoms with van der Waals surface area (Å²) in [4.78, 5) is 26.8. The topological polar surface area (TPSA) is 115 Å². The molecule has 116 valence electrons. The summed E-state index contributed by atoms with van der Waals surface area (Å²) in [6, 6.07) is 8.57. The number of nitrogens with two attached hydrogens (primary N) is 1. The highest BCUT2D eigenvalue weighted by atomic mass is 16.2. The van der Waals surface area contributed by atoms with E-state index < -0.39 is 5.91 Å². The van der Waals surface area contributed by atoms with Crippen LogP contribution in [0.4, 0.5) is 0 Å². The van der Waals surface area contributed by atoms with Crippen LogP contribution in [0.15, 0.2) is 42.7 Å². The molecule has 0 aliphatic carbocycles. The van der Waals surface area contributed by atoms with Gasteiger partial charge in [-0.3, -0.25) is 19.0 Å². The fourth-order valence-corrected chi connectivity index (χ4v) is 2.13. The van der Waals surface area contributed by atoms with Gasteiger partial charge in [0, 0.05) is 25.4 Å². The quantitative estimate of drug-likeness (QED) is 0.698. The van der Waals surface area contributed by atoms with Gasteiger partial charge in [-0.1, -0.05) is 6.07 Å². The van der Waals surface area contributed by atoms with Crippen LogP contribution >= 0.6 is 0 Å². The number of nitrogens with zero attached hydrogens (tertiary/aromatic N) is 4. The average molecular weight is 310 g/mol. The van der Waals surface area contributed by atoms with Gasteiger partial charge in [0.1, 0.15) is 11.5 Å². The van der Waals surface area contributed by atoms with E-state index in [0.717, 1.165) is 11.5 Å². The molecular formula is C15H14N6O2. The lowest BCUT2D eigenvalue weighted by molar-refractivity contribution is 0.0949. The Balaban J connectivity index is 1.60. The Morgan fingerprint density at radius 3 is 2.78 bits per heavy atom. The molecule has 3 aromatic rings. The third-order valence-corrected chi connectivity index (χ3v) is 3.30. The van der Waals surface area contributed by atoms with E-state index in [1.54, 1.807) is 0 Å². The third-order valence-electron chi connectivity index (χ3n) is 3.30. The molecular weight excluding hydrogens is 296 g/mol. The minimum atomic E-state index is -0.629. The van der Waals surface area contributed by atoms with E-state index >= 15 is 0 Å².